The predicted molar refractivity (Wildman–Crippen MR) is 153 cm³/mol. The fourth-order valence-corrected chi connectivity index (χ4v) is 6.39. The molecular weight excluding hydrogens is 517 g/mol. The molecule has 1 aromatic carbocycles. The van der Waals surface area contributed by atoms with Crippen LogP contribution in [0.25, 0.3) is 0 Å². The fraction of sp³-hybridized carbons (Fsp3) is 0.633. The molecular formula is C30H46NO7P. The molecule has 1 saturated carbocycles. The predicted octanol–water partition coefficient (Wildman–Crippen LogP) is 6.66. The molecule has 2 aliphatic carbocycles. The van der Waals surface area contributed by atoms with Crippen molar-refractivity contribution in [3.63, 3.8) is 0 Å². The van der Waals surface area contributed by atoms with Gasteiger partial charge in [0.25, 0.3) is 0 Å². The highest BCUT2D eigenvalue weighted by atomic mass is 31.2. The third-order valence-electron chi connectivity index (χ3n) is 7.78. The number of allylic oxidation sites excluding steroid dienone is 3. The maximum absolute atomic E-state index is 13.6. The minimum absolute atomic E-state index is 0.0145. The van der Waals surface area contributed by atoms with Crippen LogP contribution in [0.1, 0.15) is 89.2 Å². The average molecular weight is 564 g/mol. The van der Waals surface area contributed by atoms with Gasteiger partial charge in [0.1, 0.15) is 11.5 Å². The molecule has 1 fully saturated rings. The van der Waals surface area contributed by atoms with Gasteiger partial charge in [-0.1, -0.05) is 43.6 Å². The van der Waals surface area contributed by atoms with Gasteiger partial charge in [0.15, 0.2) is 5.60 Å². The molecule has 0 bridgehead atoms. The second-order valence-corrected chi connectivity index (χ2v) is 12.8. The number of hydrogen-bond donors (Lipinski definition) is 2. The van der Waals surface area contributed by atoms with Gasteiger partial charge in [-0.25, -0.2) is 9.36 Å². The van der Waals surface area contributed by atoms with Gasteiger partial charge in [-0.2, -0.15) is 0 Å². The number of aryl methyl sites for hydroxylation is 1. The molecule has 3 rings (SSSR count). The monoisotopic (exact) mass is 563 g/mol. The van der Waals surface area contributed by atoms with Crippen molar-refractivity contribution in [3.05, 3.63) is 47.1 Å². The second kappa shape index (κ2) is 13.6. The Morgan fingerprint density at radius 2 is 1.97 bits per heavy atom. The van der Waals surface area contributed by atoms with E-state index < -0.39 is 19.4 Å². The molecule has 2 N–H and O–H groups in total. The number of phosphoric acid groups is 1. The summed E-state index contributed by atoms with van der Waals surface area (Å²) in [6, 6.07) is 3.60. The highest BCUT2D eigenvalue weighted by molar-refractivity contribution is 7.47. The van der Waals surface area contributed by atoms with Crippen molar-refractivity contribution in [2.45, 2.75) is 90.1 Å². The number of ether oxygens (including phenoxy) is 1. The van der Waals surface area contributed by atoms with Crippen LogP contribution in [0.3, 0.4) is 0 Å². The lowest BCUT2D eigenvalue weighted by Gasteiger charge is -2.39. The molecule has 0 radical (unpaired) electrons. The number of esters is 1. The molecule has 9 heteroatoms. The molecule has 0 aliphatic heterocycles. The van der Waals surface area contributed by atoms with Crippen LogP contribution in [0.4, 0.5) is 0 Å². The van der Waals surface area contributed by atoms with E-state index in [2.05, 4.69) is 26.5 Å². The zero-order chi connectivity index (χ0) is 28.8. The van der Waals surface area contributed by atoms with Crippen LogP contribution in [0.5, 0.6) is 11.5 Å². The van der Waals surface area contributed by atoms with Crippen molar-refractivity contribution in [1.29, 1.82) is 0 Å². The van der Waals surface area contributed by atoms with Crippen molar-refractivity contribution in [1.82, 2.24) is 4.90 Å². The normalized spacial score (nSPS) is 22.1. The number of benzene rings is 1. The molecule has 39 heavy (non-hydrogen) atoms. The van der Waals surface area contributed by atoms with Crippen LogP contribution in [-0.4, -0.2) is 53.7 Å². The van der Waals surface area contributed by atoms with E-state index in [0.29, 0.717) is 18.5 Å². The van der Waals surface area contributed by atoms with Crippen LogP contribution in [0, 0.1) is 5.92 Å². The number of unbranched alkanes of at least 4 members (excludes halogenated alkanes) is 2. The summed E-state index contributed by atoms with van der Waals surface area (Å²) in [5.74, 6) is -0.517. The molecule has 218 valence electrons. The van der Waals surface area contributed by atoms with E-state index in [-0.39, 0.29) is 42.8 Å². The number of phenolic OH excluding ortho intramolecular Hbond substituents is 1. The third kappa shape index (κ3) is 8.27. The topological polar surface area (TPSA) is 106 Å². The standard InChI is InChI=1S/C30H46NO7P/c1-7-8-9-11-23-19-26(32)28(25-18-22(4)12-13-24(25)21(2)3)27(20-23)37-29(33)30(14-10-15-30)38-39(34,35)36-17-16-31(5)6/h18-20,24-25,32H,2,7-17H2,1,3-6H3,(H,34,35)/t24-,25+/m0/s1. The highest BCUT2D eigenvalue weighted by Crippen LogP contribution is 2.54. The number of likely N-dealkylation sites (N-methyl/N-ethyl adjacent to an activating group) is 1. The Labute approximate surface area is 233 Å². The number of phosphoric ester groups is 1. The van der Waals surface area contributed by atoms with E-state index in [0.717, 1.165) is 49.7 Å². The molecule has 0 aromatic heterocycles. The molecule has 0 heterocycles. The molecule has 0 amide bonds. The summed E-state index contributed by atoms with van der Waals surface area (Å²) in [6.45, 7) is 10.8. The molecule has 1 unspecified atom stereocenters. The molecule has 0 saturated heterocycles. The number of carbonyl (C=O) groups is 1. The lowest BCUT2D eigenvalue weighted by Crippen LogP contribution is -2.49. The van der Waals surface area contributed by atoms with Crippen molar-refractivity contribution >= 4 is 13.8 Å². The van der Waals surface area contributed by atoms with E-state index in [1.807, 2.05) is 32.0 Å². The Balaban J connectivity index is 1.95. The summed E-state index contributed by atoms with van der Waals surface area (Å²) >= 11 is 0. The van der Waals surface area contributed by atoms with Gasteiger partial charge in [0.2, 0.25) is 0 Å². The number of nitrogens with zero attached hydrogens (tertiary/aromatic N) is 1. The lowest BCUT2D eigenvalue weighted by atomic mass is 9.73. The highest BCUT2D eigenvalue weighted by Gasteiger charge is 2.52. The van der Waals surface area contributed by atoms with E-state index >= 15 is 0 Å². The summed E-state index contributed by atoms with van der Waals surface area (Å²) in [7, 11) is -0.856. The van der Waals surface area contributed by atoms with Crippen LogP contribution >= 0.6 is 7.82 Å². The van der Waals surface area contributed by atoms with Crippen LogP contribution in [-0.2, 0) is 24.8 Å². The van der Waals surface area contributed by atoms with E-state index in [1.165, 1.54) is 5.57 Å². The van der Waals surface area contributed by atoms with Crippen LogP contribution in [0.15, 0.2) is 35.9 Å². The molecule has 3 atom stereocenters. The van der Waals surface area contributed by atoms with Crippen LogP contribution in [0.2, 0.25) is 0 Å². The Hall–Kier alpha value is -1.96. The Morgan fingerprint density at radius 1 is 1.26 bits per heavy atom. The minimum atomic E-state index is -4.50. The first-order chi connectivity index (χ1) is 18.4. The Kier molecular flexibility index (Phi) is 11.0. The number of hydrogen-bond acceptors (Lipinski definition) is 7. The van der Waals surface area contributed by atoms with Gasteiger partial charge < -0.3 is 19.6 Å². The summed E-state index contributed by atoms with van der Waals surface area (Å²) in [5, 5.41) is 11.3. The van der Waals surface area contributed by atoms with Crippen molar-refractivity contribution < 1.29 is 33.1 Å². The van der Waals surface area contributed by atoms with Gasteiger partial charge in [-0.05, 0) is 96.5 Å². The van der Waals surface area contributed by atoms with Gasteiger partial charge in [-0.15, -0.1) is 0 Å². The van der Waals surface area contributed by atoms with Crippen molar-refractivity contribution in [2.75, 3.05) is 27.2 Å². The fourth-order valence-electron chi connectivity index (χ4n) is 5.33. The molecule has 8 nitrogen and oxygen atoms in total. The zero-order valence-corrected chi connectivity index (χ0v) is 25.1. The van der Waals surface area contributed by atoms with E-state index in [1.54, 1.807) is 6.07 Å². The first kappa shape index (κ1) is 31.6. The molecule has 2 aliphatic rings. The number of phenols is 1. The number of aromatic hydroxyl groups is 1. The maximum atomic E-state index is 13.6. The smallest absolute Gasteiger partial charge is 0.473 e. The summed E-state index contributed by atoms with van der Waals surface area (Å²) < 4.78 is 29.3. The Morgan fingerprint density at radius 3 is 2.56 bits per heavy atom. The Bertz CT molecular complexity index is 1110. The summed E-state index contributed by atoms with van der Waals surface area (Å²) in [6.07, 6.45) is 8.92. The summed E-state index contributed by atoms with van der Waals surface area (Å²) in [4.78, 5) is 25.8. The van der Waals surface area contributed by atoms with Gasteiger partial charge in [0.05, 0.1) is 6.61 Å². The summed E-state index contributed by atoms with van der Waals surface area (Å²) in [5.41, 5.74) is 2.05. The minimum Gasteiger partial charge on any atom is -0.507 e. The SMILES string of the molecule is C=C(C)[C@@H]1CCC(C)=C[C@H]1c1c(O)cc(CCCCC)cc1OC(=O)C1(OP(=O)(O)OCCN(C)C)CCC1. The van der Waals surface area contributed by atoms with E-state index in [4.69, 9.17) is 13.8 Å². The van der Waals surface area contributed by atoms with Crippen LogP contribution < -0.4 is 4.74 Å². The van der Waals surface area contributed by atoms with Gasteiger partial charge in [0, 0.05) is 18.0 Å². The maximum Gasteiger partial charge on any atom is 0.473 e. The molecule has 1 aromatic rings. The number of carbonyl (C=O) groups excluding carboxylic acids is 1. The van der Waals surface area contributed by atoms with Crippen molar-refractivity contribution in [3.8, 4) is 11.5 Å². The lowest BCUT2D eigenvalue weighted by molar-refractivity contribution is -0.162. The zero-order valence-electron chi connectivity index (χ0n) is 24.2. The van der Waals surface area contributed by atoms with Gasteiger partial charge >= 0.3 is 13.8 Å². The largest absolute Gasteiger partial charge is 0.507 e. The first-order valence-electron chi connectivity index (χ1n) is 14.1. The average Bonchev–Trinajstić information content (AvgIpc) is 2.81. The first-order valence-corrected chi connectivity index (χ1v) is 15.6. The quantitative estimate of drug-likeness (QED) is 0.0851. The van der Waals surface area contributed by atoms with E-state index in [9.17, 15) is 19.4 Å². The van der Waals surface area contributed by atoms with Gasteiger partial charge in [-0.3, -0.25) is 9.05 Å². The second-order valence-electron chi connectivity index (χ2n) is 11.4. The third-order valence-corrected chi connectivity index (χ3v) is 8.87. The number of rotatable bonds is 14. The van der Waals surface area contributed by atoms with Crippen molar-refractivity contribution in [2.24, 2.45) is 5.92 Å². The molecule has 0 spiro atoms.